The van der Waals surface area contributed by atoms with Crippen LogP contribution in [-0.2, 0) is 14.8 Å². The maximum absolute atomic E-state index is 13.0. The van der Waals surface area contributed by atoms with E-state index >= 15 is 0 Å². The third-order valence-corrected chi connectivity index (χ3v) is 8.66. The number of fused-ring (bicyclic) bond motifs is 1. The summed E-state index contributed by atoms with van der Waals surface area (Å²) in [5.74, 6) is 1.25. The molecule has 3 N–H and O–H groups in total. The van der Waals surface area contributed by atoms with Gasteiger partial charge in [-0.1, -0.05) is 6.07 Å². The summed E-state index contributed by atoms with van der Waals surface area (Å²) in [4.78, 5) is 23.2. The Hall–Kier alpha value is -3.77. The summed E-state index contributed by atoms with van der Waals surface area (Å²) in [6.07, 6.45) is 5.47. The van der Waals surface area contributed by atoms with E-state index in [1.54, 1.807) is 24.5 Å². The quantitative estimate of drug-likeness (QED) is 0.164. The molecule has 0 saturated carbocycles. The Kier molecular flexibility index (Phi) is 8.46. The van der Waals surface area contributed by atoms with Gasteiger partial charge >= 0.3 is 0 Å². The molecule has 0 radical (unpaired) electrons. The molecule has 212 valence electrons. The molecule has 2 aliphatic heterocycles. The molecule has 4 heterocycles. The van der Waals surface area contributed by atoms with Crippen molar-refractivity contribution in [1.82, 2.24) is 34.8 Å². The van der Waals surface area contributed by atoms with E-state index in [-0.39, 0.29) is 10.9 Å². The second-order valence-corrected chi connectivity index (χ2v) is 11.7. The Balaban J connectivity index is 1.29. The van der Waals surface area contributed by atoms with Crippen LogP contribution in [0.1, 0.15) is 12.5 Å². The zero-order valence-electron chi connectivity index (χ0n) is 22.7. The SMILES string of the molecule is Cc1c[nH]c2ncnc(N3CCN(C(=Nc4cccc(S(=O)(=O)NCCN5CCOCC5)c4)NC#N)[C@@H](C)C3)c12. The van der Waals surface area contributed by atoms with Crippen LogP contribution >= 0.6 is 0 Å². The molecule has 0 bridgehead atoms. The number of guanidine groups is 1. The van der Waals surface area contributed by atoms with E-state index < -0.39 is 10.0 Å². The molecule has 14 heteroatoms. The monoisotopic (exact) mass is 566 g/mol. The van der Waals surface area contributed by atoms with Gasteiger partial charge in [-0.05, 0) is 37.6 Å². The van der Waals surface area contributed by atoms with Gasteiger partial charge in [0.2, 0.25) is 16.0 Å². The molecule has 1 atom stereocenters. The third kappa shape index (κ3) is 6.18. The van der Waals surface area contributed by atoms with Crippen molar-refractivity contribution in [1.29, 1.82) is 5.26 Å². The average Bonchev–Trinajstić information content (AvgIpc) is 3.34. The van der Waals surface area contributed by atoms with Crippen LogP contribution in [0.15, 0.2) is 46.7 Å². The number of benzene rings is 1. The number of sulfonamides is 1. The van der Waals surface area contributed by atoms with Gasteiger partial charge in [0.15, 0.2) is 6.19 Å². The van der Waals surface area contributed by atoms with Crippen LogP contribution in [0.3, 0.4) is 0 Å². The Bertz CT molecular complexity index is 1510. The number of H-pyrrole nitrogens is 1. The van der Waals surface area contributed by atoms with Crippen molar-refractivity contribution in [3.8, 4) is 6.19 Å². The fourth-order valence-electron chi connectivity index (χ4n) is 5.10. The first-order valence-corrected chi connectivity index (χ1v) is 14.8. The summed E-state index contributed by atoms with van der Waals surface area (Å²) >= 11 is 0. The molecule has 2 fully saturated rings. The molecule has 1 aromatic carbocycles. The number of ether oxygens (including phenoxy) is 1. The summed E-state index contributed by atoms with van der Waals surface area (Å²) in [6, 6.07) is 6.43. The fraction of sp³-hybridized carbons (Fsp3) is 0.462. The molecular weight excluding hydrogens is 532 g/mol. The first kappa shape index (κ1) is 27.8. The minimum Gasteiger partial charge on any atom is -0.379 e. The molecule has 0 aliphatic carbocycles. The van der Waals surface area contributed by atoms with Crippen LogP contribution in [0.5, 0.6) is 0 Å². The van der Waals surface area contributed by atoms with Gasteiger partial charge in [-0.2, -0.15) is 5.26 Å². The number of piperazine rings is 1. The number of nitrogens with one attached hydrogen (secondary N) is 3. The fourth-order valence-corrected chi connectivity index (χ4v) is 6.17. The van der Waals surface area contributed by atoms with Crippen LogP contribution in [-0.4, -0.2) is 104 Å². The summed E-state index contributed by atoms with van der Waals surface area (Å²) in [5.41, 5.74) is 2.32. The van der Waals surface area contributed by atoms with Crippen LogP contribution in [0.25, 0.3) is 11.0 Å². The Morgan fingerprint density at radius 3 is 2.85 bits per heavy atom. The number of aryl methyl sites for hydroxylation is 1. The number of morpholine rings is 1. The lowest BCUT2D eigenvalue weighted by Crippen LogP contribution is -2.56. The van der Waals surface area contributed by atoms with Crippen molar-refractivity contribution >= 4 is 38.5 Å². The summed E-state index contributed by atoms with van der Waals surface area (Å²) in [7, 11) is -3.72. The molecule has 13 nitrogen and oxygen atoms in total. The topological polar surface area (TPSA) is 155 Å². The van der Waals surface area contributed by atoms with Crippen LogP contribution in [0, 0.1) is 18.4 Å². The summed E-state index contributed by atoms with van der Waals surface area (Å²) in [5, 5.41) is 13.2. The standard InChI is InChI=1S/C26H34N10O3S/c1-19-15-28-24-23(19)25(31-18-30-24)35-8-9-36(20(2)16-35)26(29-17-27)33-21-4-3-5-22(14-21)40(37,38)32-6-7-34-10-12-39-13-11-34/h3-5,14-15,18,20,32H,6-13,16H2,1-2H3,(H,29,33)(H,28,30,31)/t20-/m0/s1. The Labute approximate surface area is 233 Å². The lowest BCUT2D eigenvalue weighted by atomic mass is 10.1. The first-order valence-electron chi connectivity index (χ1n) is 13.3. The number of hydrogen-bond donors (Lipinski definition) is 3. The minimum atomic E-state index is -3.72. The van der Waals surface area contributed by atoms with Crippen LogP contribution in [0.2, 0.25) is 0 Å². The van der Waals surface area contributed by atoms with E-state index in [1.807, 2.05) is 24.2 Å². The average molecular weight is 567 g/mol. The first-order chi connectivity index (χ1) is 19.4. The van der Waals surface area contributed by atoms with E-state index in [4.69, 9.17) is 4.74 Å². The van der Waals surface area contributed by atoms with E-state index in [1.165, 1.54) is 6.07 Å². The van der Waals surface area contributed by atoms with E-state index in [9.17, 15) is 13.7 Å². The zero-order chi connectivity index (χ0) is 28.1. The van der Waals surface area contributed by atoms with Crippen molar-refractivity contribution in [2.75, 3.05) is 63.9 Å². The van der Waals surface area contributed by atoms with Gasteiger partial charge in [0.05, 0.1) is 29.2 Å². The summed E-state index contributed by atoms with van der Waals surface area (Å²) in [6.45, 7) is 9.83. The maximum Gasteiger partial charge on any atom is 0.240 e. The molecule has 0 spiro atoms. The van der Waals surface area contributed by atoms with Gasteiger partial charge in [-0.15, -0.1) is 0 Å². The van der Waals surface area contributed by atoms with E-state index in [0.29, 0.717) is 57.6 Å². The maximum atomic E-state index is 13.0. The number of nitriles is 1. The van der Waals surface area contributed by atoms with Gasteiger partial charge < -0.3 is 19.5 Å². The van der Waals surface area contributed by atoms with Gasteiger partial charge in [0.1, 0.15) is 17.8 Å². The van der Waals surface area contributed by atoms with Gasteiger partial charge in [-0.3, -0.25) is 10.2 Å². The highest BCUT2D eigenvalue weighted by molar-refractivity contribution is 7.89. The van der Waals surface area contributed by atoms with Crippen molar-refractivity contribution in [2.24, 2.45) is 4.99 Å². The molecule has 3 aromatic rings. The molecule has 40 heavy (non-hydrogen) atoms. The minimum absolute atomic E-state index is 0.00798. The molecule has 0 unspecified atom stereocenters. The predicted molar refractivity (Wildman–Crippen MR) is 152 cm³/mol. The third-order valence-electron chi connectivity index (χ3n) is 7.20. The van der Waals surface area contributed by atoms with Gasteiger partial charge in [-0.25, -0.2) is 28.1 Å². The van der Waals surface area contributed by atoms with Crippen LogP contribution < -0.4 is 14.9 Å². The predicted octanol–water partition coefficient (Wildman–Crippen LogP) is 1.15. The second-order valence-electron chi connectivity index (χ2n) is 9.90. The number of rotatable bonds is 7. The number of anilines is 1. The molecule has 2 aromatic heterocycles. The molecule has 5 rings (SSSR count). The Morgan fingerprint density at radius 2 is 2.08 bits per heavy atom. The Morgan fingerprint density at radius 1 is 1.25 bits per heavy atom. The normalized spacial score (nSPS) is 19.1. The summed E-state index contributed by atoms with van der Waals surface area (Å²) < 4.78 is 33.9. The number of nitrogens with zero attached hydrogens (tertiary/aromatic N) is 7. The number of aliphatic imine (C=N–C) groups is 1. The van der Waals surface area contributed by atoms with Crippen molar-refractivity contribution in [3.63, 3.8) is 0 Å². The molecule has 0 amide bonds. The highest BCUT2D eigenvalue weighted by Gasteiger charge is 2.29. The van der Waals surface area contributed by atoms with Crippen molar-refractivity contribution < 1.29 is 13.2 Å². The van der Waals surface area contributed by atoms with E-state index in [2.05, 4.69) is 46.7 Å². The van der Waals surface area contributed by atoms with Gasteiger partial charge in [0.25, 0.3) is 0 Å². The number of hydrogen-bond acceptors (Lipinski definition) is 9. The van der Waals surface area contributed by atoms with Gasteiger partial charge in [0, 0.05) is 58.1 Å². The zero-order valence-corrected chi connectivity index (χ0v) is 23.5. The molecular formula is C26H34N10O3S. The van der Waals surface area contributed by atoms with Crippen LogP contribution in [0.4, 0.5) is 11.5 Å². The van der Waals surface area contributed by atoms with Crippen molar-refractivity contribution in [2.45, 2.75) is 24.8 Å². The smallest absolute Gasteiger partial charge is 0.240 e. The largest absolute Gasteiger partial charge is 0.379 e. The molecule has 2 aliphatic rings. The number of aromatic nitrogens is 3. The lowest BCUT2D eigenvalue weighted by Gasteiger charge is -2.41. The lowest BCUT2D eigenvalue weighted by molar-refractivity contribution is 0.0390. The second kappa shape index (κ2) is 12.2. The van der Waals surface area contributed by atoms with E-state index in [0.717, 1.165) is 35.5 Å². The highest BCUT2D eigenvalue weighted by atomic mass is 32.2. The van der Waals surface area contributed by atoms with Crippen molar-refractivity contribution in [3.05, 3.63) is 42.4 Å². The molecule has 2 saturated heterocycles. The highest BCUT2D eigenvalue weighted by Crippen LogP contribution is 2.28. The number of aromatic amines is 1.